The van der Waals surface area contributed by atoms with Crippen LogP contribution in [0.15, 0.2) is 17.1 Å². The molecule has 0 radical (unpaired) electrons. The van der Waals surface area contributed by atoms with Crippen LogP contribution in [0.25, 0.3) is 0 Å². The number of ether oxygens (including phenoxy) is 1. The first-order valence-corrected chi connectivity index (χ1v) is 9.94. The van der Waals surface area contributed by atoms with Crippen molar-refractivity contribution >= 4 is 47.2 Å². The zero-order valence-corrected chi connectivity index (χ0v) is 19.6. The summed E-state index contributed by atoms with van der Waals surface area (Å²) in [6, 6.07) is 4.23. The molecule has 154 valence electrons. The molecule has 0 atom stereocenters. The summed E-state index contributed by atoms with van der Waals surface area (Å²) in [6.07, 6.45) is 1.03. The highest BCUT2D eigenvalue weighted by molar-refractivity contribution is 14.0. The first kappa shape index (κ1) is 24.1. The molecule has 1 aliphatic heterocycles. The lowest BCUT2D eigenvalue weighted by atomic mass is 10.3. The van der Waals surface area contributed by atoms with E-state index in [0.29, 0.717) is 12.5 Å². The van der Waals surface area contributed by atoms with Gasteiger partial charge < -0.3 is 20.3 Å². The molecule has 2 N–H and O–H groups in total. The van der Waals surface area contributed by atoms with Gasteiger partial charge in [-0.3, -0.25) is 9.69 Å². The Kier molecular flexibility index (Phi) is 11.9. The van der Waals surface area contributed by atoms with Gasteiger partial charge in [0.25, 0.3) is 0 Å². The van der Waals surface area contributed by atoms with Crippen LogP contribution in [0.5, 0.6) is 0 Å². The summed E-state index contributed by atoms with van der Waals surface area (Å²) in [6.45, 7) is 8.50. The molecule has 0 saturated carbocycles. The van der Waals surface area contributed by atoms with Crippen molar-refractivity contribution < 1.29 is 9.53 Å². The van der Waals surface area contributed by atoms with Crippen LogP contribution in [-0.2, 0) is 16.1 Å². The Hall–Kier alpha value is -0.910. The van der Waals surface area contributed by atoms with Crippen LogP contribution in [-0.4, -0.2) is 81.7 Å². The lowest BCUT2D eigenvalue weighted by molar-refractivity contribution is -0.127. The van der Waals surface area contributed by atoms with Crippen molar-refractivity contribution in [1.82, 2.24) is 20.4 Å². The largest absolute Gasteiger partial charge is 0.379 e. The number of hydrogen-bond acceptors (Lipinski definition) is 5. The average Bonchev–Trinajstić information content (AvgIpc) is 3.06. The number of guanidine groups is 1. The third-order valence-electron chi connectivity index (χ3n) is 4.14. The first-order valence-electron chi connectivity index (χ1n) is 9.12. The fourth-order valence-corrected chi connectivity index (χ4v) is 3.38. The minimum atomic E-state index is -0.00798. The molecule has 0 aromatic carbocycles. The first-order chi connectivity index (χ1) is 12.5. The monoisotopic (exact) mass is 509 g/mol. The topological polar surface area (TPSA) is 69.2 Å². The number of nitrogens with one attached hydrogen (secondary N) is 2. The zero-order chi connectivity index (χ0) is 18.8. The fraction of sp³-hybridized carbons (Fsp3) is 0.667. The number of likely N-dealkylation sites (N-methyl/N-ethyl adjacent to an activating group) is 1. The molecular formula is C18H32IN5O2S. The molecule has 27 heavy (non-hydrogen) atoms. The van der Waals surface area contributed by atoms with E-state index in [2.05, 4.69) is 39.6 Å². The van der Waals surface area contributed by atoms with Crippen molar-refractivity contribution in [2.24, 2.45) is 4.99 Å². The number of hydrogen-bond donors (Lipinski definition) is 2. The molecule has 1 aromatic heterocycles. The number of halogens is 1. The van der Waals surface area contributed by atoms with Crippen LogP contribution < -0.4 is 10.6 Å². The molecule has 0 unspecified atom stereocenters. The lowest BCUT2D eigenvalue weighted by Crippen LogP contribution is -2.41. The van der Waals surface area contributed by atoms with Crippen LogP contribution in [0.2, 0.25) is 0 Å². The number of rotatable bonds is 8. The second kappa shape index (κ2) is 13.3. The third kappa shape index (κ3) is 9.72. The van der Waals surface area contributed by atoms with Gasteiger partial charge in [0.15, 0.2) is 5.96 Å². The molecule has 9 heteroatoms. The normalized spacial score (nSPS) is 15.1. The highest BCUT2D eigenvalue weighted by Gasteiger charge is 2.10. The summed E-state index contributed by atoms with van der Waals surface area (Å²) in [5.74, 6) is 0.680. The van der Waals surface area contributed by atoms with Gasteiger partial charge in [0, 0.05) is 43.5 Å². The maximum absolute atomic E-state index is 11.8. The van der Waals surface area contributed by atoms with Gasteiger partial charge in [-0.15, -0.1) is 35.3 Å². The smallest absolute Gasteiger partial charge is 0.243 e. The van der Waals surface area contributed by atoms with Gasteiger partial charge >= 0.3 is 0 Å². The van der Waals surface area contributed by atoms with Gasteiger partial charge in [0.05, 0.1) is 19.8 Å². The van der Waals surface area contributed by atoms with Crippen molar-refractivity contribution in [3.8, 4) is 0 Å². The summed E-state index contributed by atoms with van der Waals surface area (Å²) in [7, 11) is 3.49. The predicted molar refractivity (Wildman–Crippen MR) is 122 cm³/mol. The van der Waals surface area contributed by atoms with Crippen molar-refractivity contribution in [1.29, 1.82) is 0 Å². The summed E-state index contributed by atoms with van der Waals surface area (Å²) in [4.78, 5) is 22.8. The van der Waals surface area contributed by atoms with E-state index in [4.69, 9.17) is 4.74 Å². The van der Waals surface area contributed by atoms with Crippen molar-refractivity contribution in [3.05, 3.63) is 21.9 Å². The minimum absolute atomic E-state index is 0. The molecule has 1 saturated heterocycles. The van der Waals surface area contributed by atoms with Gasteiger partial charge in [-0.05, 0) is 32.0 Å². The third-order valence-corrected chi connectivity index (χ3v) is 5.15. The van der Waals surface area contributed by atoms with Crippen molar-refractivity contribution in [2.45, 2.75) is 19.9 Å². The lowest BCUT2D eigenvalue weighted by Gasteiger charge is -2.26. The van der Waals surface area contributed by atoms with Gasteiger partial charge in [-0.2, -0.15) is 0 Å². The molecule has 1 aliphatic rings. The van der Waals surface area contributed by atoms with Gasteiger partial charge in [0.2, 0.25) is 5.91 Å². The molecule has 1 fully saturated rings. The maximum Gasteiger partial charge on any atom is 0.243 e. The van der Waals surface area contributed by atoms with E-state index < -0.39 is 0 Å². The molecule has 2 rings (SSSR count). The molecule has 0 spiro atoms. The quantitative estimate of drug-likeness (QED) is 0.241. The Morgan fingerprint density at radius 2 is 2.04 bits per heavy atom. The number of thiophene rings is 1. The Morgan fingerprint density at radius 3 is 2.67 bits per heavy atom. The number of carbonyl (C=O) groups excluding carboxylic acids is 1. The average molecular weight is 509 g/mol. The van der Waals surface area contributed by atoms with Gasteiger partial charge in [-0.1, -0.05) is 0 Å². The Morgan fingerprint density at radius 1 is 1.30 bits per heavy atom. The molecule has 1 aromatic rings. The SMILES string of the molecule is Cc1ccc(CNC(=NCC(=O)N(C)C)NCCCN2CCOCC2)s1.I. The van der Waals surface area contributed by atoms with Crippen molar-refractivity contribution in [3.63, 3.8) is 0 Å². The van der Waals surface area contributed by atoms with Gasteiger partial charge in [-0.25, -0.2) is 4.99 Å². The molecular weight excluding hydrogens is 477 g/mol. The summed E-state index contributed by atoms with van der Waals surface area (Å²) < 4.78 is 5.37. The highest BCUT2D eigenvalue weighted by atomic mass is 127. The molecule has 2 heterocycles. The number of morpholine rings is 1. The van der Waals surface area contributed by atoms with E-state index in [1.807, 2.05) is 0 Å². The van der Waals surface area contributed by atoms with Crippen LogP contribution in [0.4, 0.5) is 0 Å². The zero-order valence-electron chi connectivity index (χ0n) is 16.5. The summed E-state index contributed by atoms with van der Waals surface area (Å²) in [5, 5.41) is 6.67. The number of aliphatic imine (C=N–C) groups is 1. The Labute approximate surface area is 183 Å². The van der Waals surface area contributed by atoms with Gasteiger partial charge in [0.1, 0.15) is 6.54 Å². The predicted octanol–water partition coefficient (Wildman–Crippen LogP) is 1.52. The van der Waals surface area contributed by atoms with E-state index >= 15 is 0 Å². The molecule has 1 amide bonds. The van der Waals surface area contributed by atoms with E-state index in [1.54, 1.807) is 30.3 Å². The number of amides is 1. The van der Waals surface area contributed by atoms with E-state index in [1.165, 1.54) is 9.75 Å². The van der Waals surface area contributed by atoms with Crippen LogP contribution in [0.3, 0.4) is 0 Å². The highest BCUT2D eigenvalue weighted by Crippen LogP contribution is 2.14. The standard InChI is InChI=1S/C18H31N5O2S.HI/c1-15-5-6-16(26-15)13-20-18(21-14-17(24)22(2)3)19-7-4-8-23-9-11-25-12-10-23;/h5-6H,4,7-14H2,1-3H3,(H2,19,20,21);1H. The fourth-order valence-electron chi connectivity index (χ4n) is 2.55. The molecule has 0 bridgehead atoms. The van der Waals surface area contributed by atoms with Crippen LogP contribution >= 0.6 is 35.3 Å². The Balaban J connectivity index is 0.00000364. The number of carbonyl (C=O) groups is 1. The number of aryl methyl sites for hydroxylation is 1. The second-order valence-corrected chi connectivity index (χ2v) is 7.93. The molecule has 0 aliphatic carbocycles. The second-order valence-electron chi connectivity index (χ2n) is 6.55. The Bertz CT molecular complexity index is 588. The van der Waals surface area contributed by atoms with Crippen molar-refractivity contribution in [2.75, 3.05) is 60.0 Å². The van der Waals surface area contributed by atoms with E-state index in [9.17, 15) is 4.79 Å². The summed E-state index contributed by atoms with van der Waals surface area (Å²) in [5.41, 5.74) is 0. The van der Waals surface area contributed by atoms with Crippen LogP contribution in [0, 0.1) is 6.92 Å². The maximum atomic E-state index is 11.8. The minimum Gasteiger partial charge on any atom is -0.379 e. The number of nitrogens with zero attached hydrogens (tertiary/aromatic N) is 3. The summed E-state index contributed by atoms with van der Waals surface area (Å²) >= 11 is 1.77. The van der Waals surface area contributed by atoms with Crippen LogP contribution in [0.1, 0.15) is 16.2 Å². The molecule has 7 nitrogen and oxygen atoms in total. The van der Waals surface area contributed by atoms with E-state index in [0.717, 1.165) is 45.8 Å². The van der Waals surface area contributed by atoms with E-state index in [-0.39, 0.29) is 36.4 Å².